The van der Waals surface area contributed by atoms with E-state index in [9.17, 15) is 9.18 Å². The molecule has 0 radical (unpaired) electrons. The summed E-state index contributed by atoms with van der Waals surface area (Å²) in [6, 6.07) is 4.43. The molecule has 0 amide bonds. The van der Waals surface area contributed by atoms with E-state index in [2.05, 4.69) is 22.2 Å². The number of carbonyl (C=O) groups is 1. The molecule has 1 N–H and O–H groups in total. The van der Waals surface area contributed by atoms with Crippen molar-refractivity contribution < 1.29 is 13.9 Å². The largest absolute Gasteiger partial charge is 0.465 e. The van der Waals surface area contributed by atoms with E-state index < -0.39 is 11.8 Å². The lowest BCUT2D eigenvalue weighted by atomic mass is 9.94. The second-order valence-corrected chi connectivity index (χ2v) is 4.72. The van der Waals surface area contributed by atoms with Crippen LogP contribution in [0.15, 0.2) is 30.4 Å². The van der Waals surface area contributed by atoms with Gasteiger partial charge >= 0.3 is 5.97 Å². The second-order valence-electron chi connectivity index (χ2n) is 4.72. The van der Waals surface area contributed by atoms with Crippen molar-refractivity contribution >= 4 is 11.7 Å². The monoisotopic (exact) mass is 263 g/mol. The minimum atomic E-state index is -0.651. The van der Waals surface area contributed by atoms with Gasteiger partial charge in [0.15, 0.2) is 0 Å². The van der Waals surface area contributed by atoms with E-state index in [0.717, 1.165) is 31.5 Å². The standard InChI is InChI=1S/C15H18FNO2/c1-19-15(18)13-9-12(7-8-14(13)16)17-10-11-5-3-2-4-6-11/h2-3,7-9,11,17H,4-6,10H2,1H3. The molecule has 1 atom stereocenters. The first-order chi connectivity index (χ1) is 9.20. The Morgan fingerprint density at radius 1 is 1.47 bits per heavy atom. The van der Waals surface area contributed by atoms with Crippen LogP contribution in [0.3, 0.4) is 0 Å². The molecule has 1 aliphatic carbocycles. The van der Waals surface area contributed by atoms with E-state index >= 15 is 0 Å². The molecule has 0 saturated heterocycles. The van der Waals surface area contributed by atoms with E-state index in [-0.39, 0.29) is 5.56 Å². The minimum Gasteiger partial charge on any atom is -0.465 e. The minimum absolute atomic E-state index is 0.0314. The average molecular weight is 263 g/mol. The maximum atomic E-state index is 13.5. The first kappa shape index (κ1) is 13.6. The third-order valence-corrected chi connectivity index (χ3v) is 3.34. The van der Waals surface area contributed by atoms with Gasteiger partial charge in [0.05, 0.1) is 12.7 Å². The van der Waals surface area contributed by atoms with Gasteiger partial charge in [-0.3, -0.25) is 0 Å². The molecule has 4 heteroatoms. The highest BCUT2D eigenvalue weighted by Crippen LogP contribution is 2.20. The molecule has 0 aliphatic heterocycles. The molecule has 0 fully saturated rings. The Hall–Kier alpha value is -1.84. The van der Waals surface area contributed by atoms with Crippen molar-refractivity contribution in [2.45, 2.75) is 19.3 Å². The molecule has 1 unspecified atom stereocenters. The van der Waals surface area contributed by atoms with E-state index in [1.807, 2.05) is 0 Å². The number of nitrogens with one attached hydrogen (secondary N) is 1. The summed E-state index contributed by atoms with van der Waals surface area (Å²) in [5, 5.41) is 3.25. The molecule has 19 heavy (non-hydrogen) atoms. The SMILES string of the molecule is COC(=O)c1cc(NCC2CC=CCC2)ccc1F. The maximum absolute atomic E-state index is 13.5. The molecule has 1 aliphatic rings. The van der Waals surface area contributed by atoms with Crippen molar-refractivity contribution in [3.8, 4) is 0 Å². The van der Waals surface area contributed by atoms with Gasteiger partial charge in [-0.1, -0.05) is 12.2 Å². The summed E-state index contributed by atoms with van der Waals surface area (Å²) in [5.74, 6) is -0.614. The van der Waals surface area contributed by atoms with Crippen molar-refractivity contribution in [1.29, 1.82) is 0 Å². The van der Waals surface area contributed by atoms with Crippen LogP contribution < -0.4 is 5.32 Å². The number of benzene rings is 1. The number of hydrogen-bond donors (Lipinski definition) is 1. The first-order valence-corrected chi connectivity index (χ1v) is 6.47. The van der Waals surface area contributed by atoms with Crippen LogP contribution in [0, 0.1) is 11.7 Å². The number of anilines is 1. The average Bonchev–Trinajstić information content (AvgIpc) is 2.46. The van der Waals surface area contributed by atoms with E-state index in [4.69, 9.17) is 0 Å². The topological polar surface area (TPSA) is 38.3 Å². The number of rotatable bonds is 4. The predicted octanol–water partition coefficient (Wildman–Crippen LogP) is 3.38. The van der Waals surface area contributed by atoms with Gasteiger partial charge in [0, 0.05) is 12.2 Å². The molecule has 0 saturated carbocycles. The van der Waals surface area contributed by atoms with Gasteiger partial charge < -0.3 is 10.1 Å². The zero-order valence-corrected chi connectivity index (χ0v) is 11.0. The molecular formula is C15H18FNO2. The molecule has 0 spiro atoms. The van der Waals surface area contributed by atoms with Gasteiger partial charge in [-0.15, -0.1) is 0 Å². The molecule has 1 aromatic rings. The number of ether oxygens (including phenoxy) is 1. The normalized spacial score (nSPS) is 18.1. The summed E-state index contributed by atoms with van der Waals surface area (Å²) in [5.41, 5.74) is 0.715. The fourth-order valence-electron chi connectivity index (χ4n) is 2.21. The lowest BCUT2D eigenvalue weighted by Gasteiger charge is -2.19. The van der Waals surface area contributed by atoms with Crippen LogP contribution in [-0.4, -0.2) is 19.6 Å². The molecule has 102 valence electrons. The van der Waals surface area contributed by atoms with E-state index in [1.165, 1.54) is 19.2 Å². The fourth-order valence-corrected chi connectivity index (χ4v) is 2.21. The third-order valence-electron chi connectivity index (χ3n) is 3.34. The number of carbonyl (C=O) groups excluding carboxylic acids is 1. The predicted molar refractivity (Wildman–Crippen MR) is 72.7 cm³/mol. The quantitative estimate of drug-likeness (QED) is 0.668. The van der Waals surface area contributed by atoms with Crippen LogP contribution in [0.5, 0.6) is 0 Å². The third kappa shape index (κ3) is 3.56. The van der Waals surface area contributed by atoms with E-state index in [1.54, 1.807) is 6.07 Å². The number of halogens is 1. The Morgan fingerprint density at radius 2 is 2.32 bits per heavy atom. The number of allylic oxidation sites excluding steroid dienone is 2. The van der Waals surface area contributed by atoms with Crippen LogP contribution in [0.2, 0.25) is 0 Å². The van der Waals surface area contributed by atoms with Crippen molar-refractivity contribution in [3.63, 3.8) is 0 Å². The maximum Gasteiger partial charge on any atom is 0.340 e. The van der Waals surface area contributed by atoms with Gasteiger partial charge in [0.2, 0.25) is 0 Å². The Kier molecular flexibility index (Phi) is 4.55. The van der Waals surface area contributed by atoms with Crippen LogP contribution in [0.25, 0.3) is 0 Å². The molecule has 3 nitrogen and oxygen atoms in total. The summed E-state index contributed by atoms with van der Waals surface area (Å²) in [6.07, 6.45) is 7.74. The zero-order chi connectivity index (χ0) is 13.7. The lowest BCUT2D eigenvalue weighted by molar-refractivity contribution is 0.0595. The highest BCUT2D eigenvalue weighted by Gasteiger charge is 2.14. The smallest absolute Gasteiger partial charge is 0.340 e. The van der Waals surface area contributed by atoms with Gasteiger partial charge in [-0.25, -0.2) is 9.18 Å². The number of methoxy groups -OCH3 is 1. The molecular weight excluding hydrogens is 245 g/mol. The Bertz CT molecular complexity index is 485. The Labute approximate surface area is 112 Å². The molecule has 0 bridgehead atoms. The molecule has 1 aromatic carbocycles. The summed E-state index contributed by atoms with van der Waals surface area (Å²) in [7, 11) is 1.25. The number of esters is 1. The highest BCUT2D eigenvalue weighted by molar-refractivity contribution is 5.90. The zero-order valence-electron chi connectivity index (χ0n) is 11.0. The van der Waals surface area contributed by atoms with E-state index in [0.29, 0.717) is 5.92 Å². The Morgan fingerprint density at radius 3 is 3.00 bits per heavy atom. The second kappa shape index (κ2) is 6.36. The summed E-state index contributed by atoms with van der Waals surface area (Å²) in [6.45, 7) is 0.830. The number of hydrogen-bond acceptors (Lipinski definition) is 3. The van der Waals surface area contributed by atoms with Crippen LogP contribution in [0.4, 0.5) is 10.1 Å². The molecule has 0 heterocycles. The highest BCUT2D eigenvalue weighted by atomic mass is 19.1. The van der Waals surface area contributed by atoms with Gasteiger partial charge in [0.1, 0.15) is 5.82 Å². The summed E-state index contributed by atoms with van der Waals surface area (Å²) < 4.78 is 18.0. The summed E-state index contributed by atoms with van der Waals surface area (Å²) >= 11 is 0. The molecule has 2 rings (SSSR count). The van der Waals surface area contributed by atoms with Crippen molar-refractivity contribution in [2.24, 2.45) is 5.92 Å². The van der Waals surface area contributed by atoms with Gasteiger partial charge in [-0.05, 0) is 43.4 Å². The first-order valence-electron chi connectivity index (χ1n) is 6.47. The van der Waals surface area contributed by atoms with Crippen LogP contribution in [-0.2, 0) is 4.74 Å². The fraction of sp³-hybridized carbons (Fsp3) is 0.400. The van der Waals surface area contributed by atoms with Crippen molar-refractivity contribution in [2.75, 3.05) is 19.0 Å². The van der Waals surface area contributed by atoms with Gasteiger partial charge in [0.25, 0.3) is 0 Å². The Balaban J connectivity index is 2.00. The van der Waals surface area contributed by atoms with Crippen molar-refractivity contribution in [1.82, 2.24) is 0 Å². The van der Waals surface area contributed by atoms with Crippen LogP contribution in [0.1, 0.15) is 29.6 Å². The van der Waals surface area contributed by atoms with Gasteiger partial charge in [-0.2, -0.15) is 0 Å². The lowest BCUT2D eigenvalue weighted by Crippen LogP contribution is -2.16. The van der Waals surface area contributed by atoms with Crippen molar-refractivity contribution in [3.05, 3.63) is 41.7 Å². The summed E-state index contributed by atoms with van der Waals surface area (Å²) in [4.78, 5) is 11.4. The molecule has 0 aromatic heterocycles. The van der Waals surface area contributed by atoms with Crippen LogP contribution >= 0.6 is 0 Å².